The number of aromatic nitrogens is 2. The standard InChI is InChI=1S/C29H25GeN2O.C13H24O2.Ir/c1-18-15-22-21-11-8-14-31-29(21)33-28(22)23(16-18)26-17-24(30(2,3)4)27-20-10-7-6-9-19(20)12-13-25(27)32(26)5;1-5-10(6-2)12(14)9-13(15)11(7-3)8-4;/h6-15,17H,5H2,1-4H3;9-11,14H,5-8H2,1-4H3;/q-1;;/b;12-9-;. The summed E-state index contributed by atoms with van der Waals surface area (Å²) in [5, 5.41) is 15.7. The van der Waals surface area contributed by atoms with Gasteiger partial charge in [-0.05, 0) is 25.7 Å². The molecule has 3 aromatic carbocycles. The van der Waals surface area contributed by atoms with Gasteiger partial charge in [0.25, 0.3) is 0 Å². The molecule has 0 saturated heterocycles. The van der Waals surface area contributed by atoms with E-state index < -0.39 is 13.3 Å². The predicted molar refractivity (Wildman–Crippen MR) is 203 cm³/mol. The van der Waals surface area contributed by atoms with Gasteiger partial charge in [-0.15, -0.1) is 0 Å². The van der Waals surface area contributed by atoms with E-state index in [0.717, 1.165) is 64.4 Å². The third-order valence-corrected chi connectivity index (χ3v) is 13.8. The van der Waals surface area contributed by atoms with Crippen molar-refractivity contribution in [3.63, 3.8) is 0 Å². The maximum atomic E-state index is 11.7. The number of pyridine rings is 2. The number of nitrogens with zero attached hydrogens (tertiary/aromatic N) is 2. The molecule has 0 aliphatic rings. The zero-order valence-electron chi connectivity index (χ0n) is 30.1. The van der Waals surface area contributed by atoms with Crippen LogP contribution in [0.1, 0.15) is 58.9 Å². The molecule has 0 aliphatic heterocycles. The molecule has 49 heavy (non-hydrogen) atoms. The Balaban J connectivity index is 0.000000290. The van der Waals surface area contributed by atoms with E-state index in [2.05, 4.69) is 101 Å². The quantitative estimate of drug-likeness (QED) is 0.0392. The zero-order valence-corrected chi connectivity index (χ0v) is 34.6. The molecule has 6 rings (SSSR count). The molecule has 6 aromatic rings. The molecular formula is C42H49GeIrN2O3-. The molecule has 0 fully saturated rings. The Bertz CT molecular complexity index is 2140. The third kappa shape index (κ3) is 7.82. The van der Waals surface area contributed by atoms with Crippen molar-refractivity contribution in [1.29, 1.82) is 0 Å². The van der Waals surface area contributed by atoms with Gasteiger partial charge < -0.3 is 5.11 Å². The van der Waals surface area contributed by atoms with Crippen LogP contribution < -0.4 is 8.96 Å². The fourth-order valence-electron chi connectivity index (χ4n) is 6.73. The second-order valence-corrected chi connectivity index (χ2v) is 24.4. The van der Waals surface area contributed by atoms with Gasteiger partial charge in [0.15, 0.2) is 5.78 Å². The number of allylic oxidation sites excluding steroid dienone is 2. The minimum absolute atomic E-state index is 0. The second kappa shape index (κ2) is 16.1. The van der Waals surface area contributed by atoms with Gasteiger partial charge in [0.1, 0.15) is 0 Å². The number of aliphatic hydroxyl groups excluding tert-OH is 1. The van der Waals surface area contributed by atoms with Gasteiger partial charge in [0, 0.05) is 38.0 Å². The van der Waals surface area contributed by atoms with Crippen molar-refractivity contribution in [2.24, 2.45) is 11.8 Å². The number of ketones is 1. The molecule has 3 heterocycles. The normalized spacial score (nSPS) is 12.2. The Morgan fingerprint density at radius 3 is 2.24 bits per heavy atom. The second-order valence-electron chi connectivity index (χ2n) is 13.8. The molecule has 0 saturated carbocycles. The van der Waals surface area contributed by atoms with E-state index in [-0.39, 0.29) is 43.5 Å². The van der Waals surface area contributed by atoms with Crippen LogP contribution in [0.15, 0.2) is 83.1 Å². The van der Waals surface area contributed by atoms with Crippen LogP contribution in [-0.4, -0.2) is 29.1 Å². The number of benzene rings is 3. The number of fused-ring (bicyclic) bond motifs is 6. The average Bonchev–Trinajstić information content (AvgIpc) is 3.44. The number of aliphatic hydroxyl groups is 1. The molecule has 0 spiro atoms. The van der Waals surface area contributed by atoms with E-state index in [1.165, 1.54) is 26.6 Å². The minimum atomic E-state index is -2.29. The molecule has 0 bridgehead atoms. The topological polar surface area (TPSA) is 67.2 Å². The fourth-order valence-corrected chi connectivity index (χ4v) is 10.0. The first-order valence-electron chi connectivity index (χ1n) is 17.3. The van der Waals surface area contributed by atoms with Gasteiger partial charge >= 0.3 is 196 Å². The van der Waals surface area contributed by atoms with Crippen molar-refractivity contribution < 1.29 is 39.0 Å². The van der Waals surface area contributed by atoms with E-state index in [1.54, 1.807) is 6.20 Å². The number of furan rings is 1. The van der Waals surface area contributed by atoms with Crippen LogP contribution in [0.5, 0.6) is 0 Å². The summed E-state index contributed by atoms with van der Waals surface area (Å²) in [5.41, 5.74) is 5.66. The molecule has 5 nitrogen and oxygen atoms in total. The molecule has 259 valence electrons. The Hall–Kier alpha value is -3.45. The predicted octanol–water partition coefficient (Wildman–Crippen LogP) is 10.4. The summed E-state index contributed by atoms with van der Waals surface area (Å²) >= 11 is -2.29. The van der Waals surface area contributed by atoms with Crippen molar-refractivity contribution in [2.45, 2.75) is 77.6 Å². The van der Waals surface area contributed by atoms with E-state index in [1.807, 2.05) is 33.8 Å². The Kier molecular flexibility index (Phi) is 12.6. The molecule has 1 radical (unpaired) electrons. The average molecular weight is 895 g/mol. The molecule has 0 atom stereocenters. The molecule has 0 unspecified atom stereocenters. The molecule has 3 aromatic heterocycles. The first-order chi connectivity index (χ1) is 22.9. The first-order valence-corrected chi connectivity index (χ1v) is 24.6. The summed E-state index contributed by atoms with van der Waals surface area (Å²) in [6, 6.07) is 25.2. The summed E-state index contributed by atoms with van der Waals surface area (Å²) in [7, 11) is 4.51. The van der Waals surface area contributed by atoms with Crippen LogP contribution >= 0.6 is 0 Å². The van der Waals surface area contributed by atoms with Crippen LogP contribution in [0.4, 0.5) is 0 Å². The van der Waals surface area contributed by atoms with E-state index in [0.29, 0.717) is 5.71 Å². The van der Waals surface area contributed by atoms with Gasteiger partial charge in [-0.3, -0.25) is 4.79 Å². The van der Waals surface area contributed by atoms with Crippen LogP contribution in [0, 0.1) is 31.9 Å². The Morgan fingerprint density at radius 2 is 1.59 bits per heavy atom. The number of hydrogen-bond donors (Lipinski definition) is 1. The van der Waals surface area contributed by atoms with E-state index >= 15 is 0 Å². The van der Waals surface area contributed by atoms with Crippen molar-refractivity contribution in [3.8, 4) is 11.3 Å². The van der Waals surface area contributed by atoms with Crippen molar-refractivity contribution >= 4 is 67.2 Å². The minimum Gasteiger partial charge on any atom is 0 e. The maximum absolute atomic E-state index is 11.7. The van der Waals surface area contributed by atoms with Crippen molar-refractivity contribution in [2.75, 3.05) is 0 Å². The van der Waals surface area contributed by atoms with Crippen LogP contribution in [-0.2, 0) is 24.9 Å². The fraction of sp³-hybridized carbons (Fsp3) is 0.333. The van der Waals surface area contributed by atoms with Crippen molar-refractivity contribution in [3.05, 3.63) is 97.4 Å². The van der Waals surface area contributed by atoms with Gasteiger partial charge in [0.05, 0.1) is 5.76 Å². The number of rotatable bonds is 9. The summed E-state index contributed by atoms with van der Waals surface area (Å²) in [6.07, 6.45) is 6.68. The van der Waals surface area contributed by atoms with Crippen LogP contribution in [0.25, 0.3) is 55.0 Å². The monoisotopic (exact) mass is 896 g/mol. The third-order valence-electron chi connectivity index (χ3n) is 9.60. The van der Waals surface area contributed by atoms with Gasteiger partial charge in [0.2, 0.25) is 0 Å². The zero-order chi connectivity index (χ0) is 34.7. The molecule has 1 N–H and O–H groups in total. The first kappa shape index (κ1) is 38.4. The maximum Gasteiger partial charge on any atom is 0 e. The number of carbonyl (C=O) groups is 1. The van der Waals surface area contributed by atoms with Gasteiger partial charge in [-0.2, -0.15) is 0 Å². The summed E-state index contributed by atoms with van der Waals surface area (Å²) in [6.45, 7) is 10.2. The molecule has 0 aliphatic carbocycles. The Morgan fingerprint density at radius 1 is 0.939 bits per heavy atom. The number of aryl methyl sites for hydroxylation is 1. The van der Waals surface area contributed by atoms with E-state index in [9.17, 15) is 9.90 Å². The van der Waals surface area contributed by atoms with Gasteiger partial charge in [-0.1, -0.05) is 27.7 Å². The number of carbonyl (C=O) groups excluding carboxylic acids is 1. The molecular weight excluding hydrogens is 845 g/mol. The van der Waals surface area contributed by atoms with E-state index in [4.69, 9.17) is 4.42 Å². The van der Waals surface area contributed by atoms with Gasteiger partial charge in [-0.25, -0.2) is 0 Å². The summed E-state index contributed by atoms with van der Waals surface area (Å²) in [5.74, 6) is 7.91. The smallest absolute Gasteiger partial charge is 0 e. The summed E-state index contributed by atoms with van der Waals surface area (Å²) < 4.78 is 9.81. The Labute approximate surface area is 307 Å². The number of hydrogen-bond acceptors (Lipinski definition) is 4. The molecule has 7 heteroatoms. The molecule has 0 amide bonds. The largest absolute Gasteiger partial charge is 0 e. The van der Waals surface area contributed by atoms with Crippen LogP contribution in [0.3, 0.4) is 0 Å². The van der Waals surface area contributed by atoms with Crippen molar-refractivity contribution in [1.82, 2.24) is 4.98 Å². The SMILES string of the molecule is CCC(CC)C(=O)/C=C(\O)C(CC)CC.[CH2-][n+]1c(-c2[c-]c(C)cc3c2oc2ncccc23)c[c]([Ge]([CH3])([CH3])[CH3])c2c3ccccc3ccc21.[Ir]. The van der Waals surface area contributed by atoms with Crippen LogP contribution in [0.2, 0.25) is 17.3 Å². The summed E-state index contributed by atoms with van der Waals surface area (Å²) in [4.78, 5) is 16.2.